The van der Waals surface area contributed by atoms with E-state index in [1.807, 2.05) is 0 Å². The number of methoxy groups -OCH3 is 1. The zero-order chi connectivity index (χ0) is 33.3. The average Bonchev–Trinajstić information content (AvgIpc) is 3.45. The Morgan fingerprint density at radius 2 is 1.95 bits per heavy atom. The Hall–Kier alpha value is -2.65. The zero-order valence-electron chi connectivity index (χ0n) is 27.0. The number of likely N-dealkylation sites (tertiary alicyclic amines) is 2. The number of fused-ring (bicyclic) bond motifs is 3. The number of hydrogen-bond acceptors (Lipinski definition) is 3. The molecule has 0 aromatic heterocycles. The zero-order valence-corrected chi connectivity index (χ0v) is 21.8. The molecule has 5 atom stereocenters. The van der Waals surface area contributed by atoms with E-state index in [4.69, 9.17) is 24.6 Å². The van der Waals surface area contributed by atoms with Crippen LogP contribution in [-0.4, -0.2) is 66.5 Å². The van der Waals surface area contributed by atoms with Crippen molar-refractivity contribution in [1.29, 1.82) is 0 Å². The lowest BCUT2D eigenvalue weighted by Crippen LogP contribution is -2.53. The number of benzene rings is 2. The summed E-state index contributed by atoms with van der Waals surface area (Å²) in [7, 11) is -3.01. The van der Waals surface area contributed by atoms with Crippen molar-refractivity contribution in [3.05, 3.63) is 69.7 Å². The summed E-state index contributed by atoms with van der Waals surface area (Å²) in [6.07, 6.45) is -6.11. The van der Waals surface area contributed by atoms with Crippen LogP contribution in [-0.2, 0) is 38.3 Å². The van der Waals surface area contributed by atoms with Gasteiger partial charge in [-0.15, -0.1) is 0 Å². The van der Waals surface area contributed by atoms with E-state index in [0.717, 1.165) is 11.6 Å². The van der Waals surface area contributed by atoms with Crippen LogP contribution < -0.4 is 0 Å². The van der Waals surface area contributed by atoms with Crippen molar-refractivity contribution in [1.82, 2.24) is 9.80 Å². The molecule has 0 bridgehead atoms. The van der Waals surface area contributed by atoms with Gasteiger partial charge in [-0.25, -0.2) is 4.39 Å². The number of aryl methyl sites for hydroxylation is 1. The molecule has 210 valence electrons. The number of amides is 2. The van der Waals surface area contributed by atoms with Crippen molar-refractivity contribution >= 4 is 23.4 Å². The smallest absolute Gasteiger partial charge is 0.372 e. The minimum atomic E-state index is -5.13. The maximum Gasteiger partial charge on any atom is 0.426 e. The average molecular weight is 573 g/mol. The first-order valence-electron chi connectivity index (χ1n) is 15.6. The molecule has 0 N–H and O–H groups in total. The fraction of sp³-hybridized carbons (Fsp3) is 0.517. The maximum absolute atomic E-state index is 15.0. The van der Waals surface area contributed by atoms with E-state index in [9.17, 15) is 27.2 Å². The van der Waals surface area contributed by atoms with Crippen LogP contribution in [0.15, 0.2) is 42.5 Å². The predicted octanol–water partition coefficient (Wildman–Crippen LogP) is 5.36. The van der Waals surface area contributed by atoms with Crippen molar-refractivity contribution in [3.8, 4) is 0 Å². The van der Waals surface area contributed by atoms with Gasteiger partial charge in [0.15, 0.2) is 0 Å². The van der Waals surface area contributed by atoms with E-state index in [1.165, 1.54) is 17.0 Å². The Labute approximate surface area is 238 Å². The van der Waals surface area contributed by atoms with Crippen LogP contribution in [0.1, 0.15) is 56.7 Å². The van der Waals surface area contributed by atoms with Crippen molar-refractivity contribution < 1.29 is 40.1 Å². The third-order valence-electron chi connectivity index (χ3n) is 8.62. The second-order valence-electron chi connectivity index (χ2n) is 10.7. The van der Waals surface area contributed by atoms with Crippen molar-refractivity contribution in [2.45, 2.75) is 74.5 Å². The van der Waals surface area contributed by atoms with Crippen molar-refractivity contribution in [2.75, 3.05) is 20.6 Å². The maximum atomic E-state index is 15.0. The predicted molar refractivity (Wildman–Crippen MR) is 138 cm³/mol. The summed E-state index contributed by atoms with van der Waals surface area (Å²) in [5.74, 6) is -1.82. The van der Waals surface area contributed by atoms with E-state index < -0.39 is 73.3 Å². The van der Waals surface area contributed by atoms with E-state index in [-0.39, 0.29) is 19.4 Å². The monoisotopic (exact) mass is 572 g/mol. The van der Waals surface area contributed by atoms with Crippen LogP contribution in [0.4, 0.5) is 17.6 Å². The van der Waals surface area contributed by atoms with E-state index >= 15 is 0 Å². The number of carbonyl (C=O) groups excluding carboxylic acids is 2. The van der Waals surface area contributed by atoms with Gasteiger partial charge in [0.1, 0.15) is 12.1 Å². The molecule has 0 saturated carbocycles. The molecular weight excluding hydrogens is 536 g/mol. The fourth-order valence-corrected chi connectivity index (χ4v) is 6.60. The standard InChI is InChI=1S/C29H31ClF4N2O3/c1-27(31,29(32,33)34)19-7-10-21-18(14-19)6-11-24-28(21,16-17-4-8-20(30)9-5-17)12-13-36(24)25(37)22-15-23(39-3)26(38)35(22)2/h4-5,7-10,14,22-24H,6,11-13,15-16H2,1-3H3/t22-,23-,24?,27?,28?/m0/s1/i2D3,3D3. The van der Waals surface area contributed by atoms with E-state index in [0.29, 0.717) is 40.8 Å². The molecule has 10 heteroatoms. The number of nitrogens with zero attached hydrogens (tertiary/aromatic N) is 2. The molecule has 2 aromatic rings. The fourth-order valence-electron chi connectivity index (χ4n) is 6.47. The molecular formula is C29H31ClF4N2O3. The quantitative estimate of drug-likeness (QED) is 0.453. The van der Waals surface area contributed by atoms with Crippen molar-refractivity contribution in [3.63, 3.8) is 0 Å². The lowest BCUT2D eigenvalue weighted by atomic mass is 9.63. The number of ether oxygens (including phenoxy) is 1. The Balaban J connectivity index is 1.54. The normalized spacial score (nSPS) is 31.2. The van der Waals surface area contributed by atoms with Gasteiger partial charge in [-0.1, -0.05) is 41.9 Å². The Morgan fingerprint density at radius 3 is 2.62 bits per heavy atom. The highest BCUT2D eigenvalue weighted by molar-refractivity contribution is 6.30. The first kappa shape index (κ1) is 21.1. The largest absolute Gasteiger partial charge is 0.426 e. The number of rotatable bonds is 5. The summed E-state index contributed by atoms with van der Waals surface area (Å²) >= 11 is 6.09. The topological polar surface area (TPSA) is 49.9 Å². The molecule has 0 radical (unpaired) electrons. The van der Waals surface area contributed by atoms with Gasteiger partial charge in [0.05, 0.1) is 4.11 Å². The van der Waals surface area contributed by atoms with Crippen LogP contribution >= 0.6 is 11.6 Å². The summed E-state index contributed by atoms with van der Waals surface area (Å²) in [6.45, 7) is -2.45. The van der Waals surface area contributed by atoms with Gasteiger partial charge in [0, 0.05) is 47.6 Å². The van der Waals surface area contributed by atoms with Gasteiger partial charge in [-0.3, -0.25) is 9.59 Å². The number of halogens is 5. The van der Waals surface area contributed by atoms with E-state index in [1.54, 1.807) is 24.3 Å². The molecule has 1 aliphatic carbocycles. The summed E-state index contributed by atoms with van der Waals surface area (Å²) in [5, 5.41) is 0.489. The van der Waals surface area contributed by atoms with Gasteiger partial charge in [-0.05, 0) is 67.0 Å². The molecule has 2 aliphatic heterocycles. The number of hydrogen-bond donors (Lipinski definition) is 0. The summed E-state index contributed by atoms with van der Waals surface area (Å²) in [4.78, 5) is 29.1. The Kier molecular flexibility index (Phi) is 5.30. The molecule has 39 heavy (non-hydrogen) atoms. The molecule has 2 amide bonds. The van der Waals surface area contributed by atoms with Crippen LogP contribution in [0.5, 0.6) is 0 Å². The lowest BCUT2D eigenvalue weighted by Gasteiger charge is -2.44. The van der Waals surface area contributed by atoms with Gasteiger partial charge >= 0.3 is 6.18 Å². The Morgan fingerprint density at radius 1 is 1.21 bits per heavy atom. The first-order valence-corrected chi connectivity index (χ1v) is 13.0. The number of alkyl halides is 4. The third-order valence-corrected chi connectivity index (χ3v) is 8.87. The van der Waals surface area contributed by atoms with Gasteiger partial charge in [-0.2, -0.15) is 13.2 Å². The summed E-state index contributed by atoms with van der Waals surface area (Å²) in [5.41, 5.74) is -2.95. The van der Waals surface area contributed by atoms with Gasteiger partial charge in [0.2, 0.25) is 11.6 Å². The van der Waals surface area contributed by atoms with Gasteiger partial charge in [0.25, 0.3) is 5.91 Å². The Bertz CT molecular complexity index is 1480. The van der Waals surface area contributed by atoms with Crippen LogP contribution in [0.2, 0.25) is 5.02 Å². The second kappa shape index (κ2) is 9.77. The second-order valence-corrected chi connectivity index (χ2v) is 11.2. The molecule has 3 aliphatic rings. The molecule has 2 saturated heterocycles. The molecule has 0 spiro atoms. The van der Waals surface area contributed by atoms with Crippen LogP contribution in [0, 0.1) is 0 Å². The number of likely N-dealkylation sites (N-methyl/N-ethyl adjacent to an activating group) is 1. The highest BCUT2D eigenvalue weighted by atomic mass is 35.5. The highest BCUT2D eigenvalue weighted by Crippen LogP contribution is 2.51. The molecule has 5 rings (SSSR count). The summed E-state index contributed by atoms with van der Waals surface area (Å²) in [6, 6.07) is 8.72. The molecule has 2 heterocycles. The molecule has 2 fully saturated rings. The van der Waals surface area contributed by atoms with E-state index in [2.05, 4.69) is 0 Å². The molecule has 2 aromatic carbocycles. The first-order chi connectivity index (χ1) is 20.7. The molecule has 3 unspecified atom stereocenters. The van der Waals surface area contributed by atoms with Crippen LogP contribution in [0.3, 0.4) is 0 Å². The lowest BCUT2D eigenvalue weighted by molar-refractivity contribution is -0.228. The van der Waals surface area contributed by atoms with Gasteiger partial charge < -0.3 is 14.5 Å². The highest BCUT2D eigenvalue weighted by Gasteiger charge is 2.56. The minimum Gasteiger partial charge on any atom is -0.372 e. The molecule has 5 nitrogen and oxygen atoms in total. The third kappa shape index (κ3) is 4.51. The minimum absolute atomic E-state index is 0.131. The van der Waals surface area contributed by atoms with Crippen molar-refractivity contribution in [2.24, 2.45) is 0 Å². The number of carbonyl (C=O) groups is 2. The summed E-state index contributed by atoms with van der Waals surface area (Å²) < 4.78 is 106. The SMILES string of the molecule is [2H]C([2H])([2H])O[C@H]1C[C@@H](C(=O)N2CCC3(Cc4ccc(Cl)cc4)c4ccc(C(C)(F)C(F)(F)F)cc4CCC23)N(C([2H])([2H])[2H])C1=O. The van der Waals surface area contributed by atoms with Crippen LogP contribution in [0.25, 0.3) is 0 Å².